The van der Waals surface area contributed by atoms with Crippen LogP contribution < -0.4 is 4.74 Å². The van der Waals surface area contributed by atoms with E-state index in [1.54, 1.807) is 19.9 Å². The molecule has 0 saturated heterocycles. The van der Waals surface area contributed by atoms with Crippen molar-refractivity contribution in [3.05, 3.63) is 50.9 Å². The molecule has 8 nitrogen and oxygen atoms in total. The fourth-order valence-corrected chi connectivity index (χ4v) is 2.23. The van der Waals surface area contributed by atoms with Crippen molar-refractivity contribution in [2.45, 2.75) is 13.8 Å². The molecule has 0 unspecified atom stereocenters. The summed E-state index contributed by atoms with van der Waals surface area (Å²) in [6, 6.07) is 4.33. The first-order chi connectivity index (χ1) is 11.4. The number of benzene rings is 1. The van der Waals surface area contributed by atoms with E-state index in [4.69, 9.17) is 9.47 Å². The Morgan fingerprint density at radius 1 is 1.46 bits per heavy atom. The van der Waals surface area contributed by atoms with Crippen molar-refractivity contribution >= 4 is 23.4 Å². The molecule has 0 spiro atoms. The lowest BCUT2D eigenvalue weighted by Crippen LogP contribution is -2.13. The minimum Gasteiger partial charge on any atom is -0.505 e. The van der Waals surface area contributed by atoms with Crippen LogP contribution >= 0.6 is 0 Å². The fraction of sp³-hybridized carbons (Fsp3) is 0.250. The molecule has 0 fully saturated rings. The number of carbonyl (C=O) groups excluding carboxylic acids is 1. The summed E-state index contributed by atoms with van der Waals surface area (Å²) < 4.78 is 9.81. The molecule has 0 aliphatic carbocycles. The molecule has 2 rings (SSSR count). The lowest BCUT2D eigenvalue weighted by Gasteiger charge is -2.04. The first kappa shape index (κ1) is 17.2. The molecule has 1 heterocycles. The number of nitro groups is 1. The number of carbonyl (C=O) groups is 1. The van der Waals surface area contributed by atoms with Crippen LogP contribution in [0.2, 0.25) is 0 Å². The van der Waals surface area contributed by atoms with Crippen LogP contribution in [-0.4, -0.2) is 35.4 Å². The summed E-state index contributed by atoms with van der Waals surface area (Å²) in [5, 5.41) is 21.3. The van der Waals surface area contributed by atoms with Crippen LogP contribution in [0.5, 0.6) is 5.75 Å². The van der Waals surface area contributed by atoms with Crippen molar-refractivity contribution in [3.8, 4) is 5.75 Å². The number of aliphatic hydroxyl groups is 1. The van der Waals surface area contributed by atoms with Crippen molar-refractivity contribution in [2.24, 2.45) is 4.99 Å². The summed E-state index contributed by atoms with van der Waals surface area (Å²) >= 11 is 0. The van der Waals surface area contributed by atoms with E-state index in [9.17, 15) is 20.0 Å². The molecule has 1 aromatic rings. The Morgan fingerprint density at radius 3 is 2.75 bits per heavy atom. The molecule has 0 aromatic heterocycles. The number of rotatable bonds is 5. The van der Waals surface area contributed by atoms with Crippen molar-refractivity contribution in [2.75, 3.05) is 13.7 Å². The number of aliphatic imine (C=N–C) groups is 1. The van der Waals surface area contributed by atoms with Gasteiger partial charge in [0.15, 0.2) is 11.5 Å². The van der Waals surface area contributed by atoms with E-state index in [-0.39, 0.29) is 35.1 Å². The van der Waals surface area contributed by atoms with E-state index in [0.717, 1.165) is 0 Å². The summed E-state index contributed by atoms with van der Waals surface area (Å²) in [4.78, 5) is 26.4. The maximum absolute atomic E-state index is 11.8. The molecule has 1 aromatic carbocycles. The minimum atomic E-state index is -0.666. The average Bonchev–Trinajstić information content (AvgIpc) is 2.81. The third-order valence-corrected chi connectivity index (χ3v) is 3.31. The van der Waals surface area contributed by atoms with E-state index in [2.05, 4.69) is 4.99 Å². The van der Waals surface area contributed by atoms with E-state index >= 15 is 0 Å². The molecule has 1 aliphatic heterocycles. The molecular formula is C16H16N2O6. The molecule has 0 amide bonds. The smallest absolute Gasteiger partial charge is 0.343 e. The number of nitro benzene ring substituents is 1. The van der Waals surface area contributed by atoms with Crippen LogP contribution in [0.4, 0.5) is 5.69 Å². The second kappa shape index (κ2) is 6.95. The van der Waals surface area contributed by atoms with Crippen molar-refractivity contribution in [1.82, 2.24) is 0 Å². The van der Waals surface area contributed by atoms with Gasteiger partial charge in [-0.2, -0.15) is 0 Å². The third kappa shape index (κ3) is 3.27. The average molecular weight is 332 g/mol. The van der Waals surface area contributed by atoms with Gasteiger partial charge in [-0.25, -0.2) is 9.79 Å². The second-order valence-corrected chi connectivity index (χ2v) is 4.86. The number of hydrogen-bond acceptors (Lipinski definition) is 7. The molecule has 126 valence electrons. The van der Waals surface area contributed by atoms with Crippen molar-refractivity contribution in [3.63, 3.8) is 0 Å². The van der Waals surface area contributed by atoms with Gasteiger partial charge in [-0.1, -0.05) is 6.07 Å². The van der Waals surface area contributed by atoms with Crippen LogP contribution in [0, 0.1) is 10.1 Å². The van der Waals surface area contributed by atoms with Crippen molar-refractivity contribution < 1.29 is 24.3 Å². The summed E-state index contributed by atoms with van der Waals surface area (Å²) in [6.07, 6.45) is 1.44. The van der Waals surface area contributed by atoms with Gasteiger partial charge in [0.05, 0.1) is 24.4 Å². The van der Waals surface area contributed by atoms with E-state index < -0.39 is 10.9 Å². The Kier molecular flexibility index (Phi) is 4.98. The number of esters is 1. The Hall–Kier alpha value is -3.16. The van der Waals surface area contributed by atoms with Gasteiger partial charge >= 0.3 is 11.7 Å². The van der Waals surface area contributed by atoms with Crippen LogP contribution in [0.15, 0.2) is 40.2 Å². The lowest BCUT2D eigenvalue weighted by molar-refractivity contribution is -0.385. The highest BCUT2D eigenvalue weighted by atomic mass is 16.6. The van der Waals surface area contributed by atoms with Crippen molar-refractivity contribution in [1.29, 1.82) is 0 Å². The summed E-state index contributed by atoms with van der Waals surface area (Å²) in [5.41, 5.74) is 0.673. The maximum atomic E-state index is 11.8. The fourth-order valence-electron chi connectivity index (χ4n) is 2.23. The van der Waals surface area contributed by atoms with Gasteiger partial charge in [0.25, 0.3) is 0 Å². The molecule has 0 atom stereocenters. The topological polar surface area (TPSA) is 111 Å². The normalized spacial score (nSPS) is 15.5. The van der Waals surface area contributed by atoms with Gasteiger partial charge in [-0.3, -0.25) is 10.1 Å². The summed E-state index contributed by atoms with van der Waals surface area (Å²) in [5.74, 6) is -0.856. The zero-order valence-electron chi connectivity index (χ0n) is 13.4. The SMILES string of the molecule is CCOC(=O)C1=C(O)/C(=C\c2ccc(OC)c([N+](=O)[O-])c2)N=C1C. The standard InChI is InChI=1S/C16H16N2O6/c1-4-24-16(20)14-9(2)17-11(15(14)19)7-10-5-6-13(23-3)12(8-10)18(21)22/h5-8,19H,4H2,1-3H3/b11-7+. The van der Waals surface area contributed by atoms with Gasteiger partial charge in [0.2, 0.25) is 0 Å². The number of aliphatic hydroxyl groups excluding tert-OH is 1. The molecule has 0 bridgehead atoms. The first-order valence-corrected chi connectivity index (χ1v) is 7.09. The van der Waals surface area contributed by atoms with Gasteiger partial charge in [-0.15, -0.1) is 0 Å². The predicted molar refractivity (Wildman–Crippen MR) is 87.0 cm³/mol. The first-order valence-electron chi connectivity index (χ1n) is 7.09. The third-order valence-electron chi connectivity index (χ3n) is 3.31. The van der Waals surface area contributed by atoms with Crippen LogP contribution in [0.25, 0.3) is 6.08 Å². The maximum Gasteiger partial charge on any atom is 0.343 e. The van der Waals surface area contributed by atoms with Crippen LogP contribution in [0.3, 0.4) is 0 Å². The van der Waals surface area contributed by atoms with Crippen LogP contribution in [-0.2, 0) is 9.53 Å². The minimum absolute atomic E-state index is 0.00823. The number of ether oxygens (including phenoxy) is 2. The molecule has 0 saturated carbocycles. The number of methoxy groups -OCH3 is 1. The van der Waals surface area contributed by atoms with Crippen LogP contribution in [0.1, 0.15) is 19.4 Å². The highest BCUT2D eigenvalue weighted by molar-refractivity contribution is 6.22. The summed E-state index contributed by atoms with van der Waals surface area (Å²) in [7, 11) is 1.34. The Balaban J connectivity index is 2.44. The number of hydrogen-bond donors (Lipinski definition) is 1. The molecule has 24 heavy (non-hydrogen) atoms. The Bertz CT molecular complexity index is 792. The zero-order valence-corrected chi connectivity index (χ0v) is 13.4. The Labute approximate surface area is 137 Å². The summed E-state index contributed by atoms with van der Waals surface area (Å²) in [6.45, 7) is 3.40. The van der Waals surface area contributed by atoms with Gasteiger partial charge in [0, 0.05) is 6.07 Å². The van der Waals surface area contributed by atoms with Gasteiger partial charge in [0.1, 0.15) is 11.3 Å². The monoisotopic (exact) mass is 332 g/mol. The van der Waals surface area contributed by atoms with E-state index in [1.807, 2.05) is 0 Å². The van der Waals surface area contributed by atoms with Gasteiger partial charge < -0.3 is 14.6 Å². The molecule has 1 aliphatic rings. The molecule has 0 radical (unpaired) electrons. The second-order valence-electron chi connectivity index (χ2n) is 4.86. The van der Waals surface area contributed by atoms with E-state index in [0.29, 0.717) is 11.3 Å². The zero-order chi connectivity index (χ0) is 17.9. The largest absolute Gasteiger partial charge is 0.505 e. The Morgan fingerprint density at radius 2 is 2.17 bits per heavy atom. The highest BCUT2D eigenvalue weighted by Crippen LogP contribution is 2.31. The molecule has 8 heteroatoms. The van der Waals surface area contributed by atoms with Gasteiger partial charge in [-0.05, 0) is 31.6 Å². The lowest BCUT2D eigenvalue weighted by atomic mass is 10.1. The van der Waals surface area contributed by atoms with E-state index in [1.165, 1.54) is 25.3 Å². The predicted octanol–water partition coefficient (Wildman–Crippen LogP) is 2.79. The number of nitrogens with zero attached hydrogens (tertiary/aromatic N) is 2. The highest BCUT2D eigenvalue weighted by Gasteiger charge is 2.27. The molecule has 1 N–H and O–H groups in total. The molecular weight excluding hydrogens is 316 g/mol. The quantitative estimate of drug-likeness (QED) is 0.504.